The van der Waals surface area contributed by atoms with E-state index in [1.54, 1.807) is 6.92 Å². The minimum atomic E-state index is -3.42. The van der Waals surface area contributed by atoms with Gasteiger partial charge in [-0.25, -0.2) is 13.2 Å². The van der Waals surface area contributed by atoms with Crippen molar-refractivity contribution in [1.82, 2.24) is 0 Å². The van der Waals surface area contributed by atoms with E-state index >= 15 is 0 Å². The highest BCUT2D eigenvalue weighted by Gasteiger charge is 2.78. The van der Waals surface area contributed by atoms with Gasteiger partial charge >= 0.3 is 6.00 Å². The molecule has 0 aromatic rings. The third-order valence-corrected chi connectivity index (χ3v) is 10.6. The van der Waals surface area contributed by atoms with Crippen LogP contribution in [0.4, 0.5) is 13.2 Å². The monoisotopic (exact) mass is 336 g/mol. The SMILES string of the molecule is CC1C2(F)CC3(F)CC(F)(C2)CC1([Si](Cl)(Cl)Cl)C3. The number of hydrogen-bond donors (Lipinski definition) is 0. The zero-order chi connectivity index (χ0) is 13.6. The minimum absolute atomic E-state index is 0.00122. The van der Waals surface area contributed by atoms with Gasteiger partial charge in [-0.05, 0) is 18.8 Å². The molecule has 0 aliphatic heterocycles. The Labute approximate surface area is 119 Å². The van der Waals surface area contributed by atoms with E-state index in [1.807, 2.05) is 0 Å². The molecule has 4 bridgehead atoms. The van der Waals surface area contributed by atoms with Crippen LogP contribution in [0.1, 0.15) is 39.0 Å². The van der Waals surface area contributed by atoms with Crippen molar-refractivity contribution < 1.29 is 13.2 Å². The van der Waals surface area contributed by atoms with Crippen LogP contribution in [0.2, 0.25) is 5.04 Å². The Hall–Kier alpha value is 0.877. The summed E-state index contributed by atoms with van der Waals surface area (Å²) in [6.45, 7) is 1.65. The third kappa shape index (κ3) is 1.58. The van der Waals surface area contributed by atoms with Crippen molar-refractivity contribution in [3.63, 3.8) is 0 Å². The van der Waals surface area contributed by atoms with E-state index in [1.165, 1.54) is 0 Å². The van der Waals surface area contributed by atoms with Gasteiger partial charge in [0.25, 0.3) is 0 Å². The van der Waals surface area contributed by atoms with E-state index < -0.39 is 34.0 Å². The molecule has 18 heavy (non-hydrogen) atoms. The molecule has 7 heteroatoms. The first-order valence-corrected chi connectivity index (χ1v) is 11.1. The molecule has 0 heterocycles. The lowest BCUT2D eigenvalue weighted by atomic mass is 9.48. The predicted molar refractivity (Wildman–Crippen MR) is 69.8 cm³/mol. The molecular formula is C11H14Cl3F3Si. The molecule has 0 aromatic heterocycles. The van der Waals surface area contributed by atoms with Gasteiger partial charge in [0.1, 0.15) is 17.0 Å². The van der Waals surface area contributed by atoms with Crippen molar-refractivity contribution in [2.75, 3.05) is 0 Å². The van der Waals surface area contributed by atoms with Crippen LogP contribution >= 0.6 is 33.2 Å². The van der Waals surface area contributed by atoms with Gasteiger partial charge in [0.2, 0.25) is 0 Å². The molecule has 4 fully saturated rings. The third-order valence-electron chi connectivity index (χ3n) is 5.29. The molecule has 104 valence electrons. The maximum Gasteiger partial charge on any atom is 0.347 e. The van der Waals surface area contributed by atoms with Gasteiger partial charge in [-0.15, -0.1) is 33.2 Å². The van der Waals surface area contributed by atoms with E-state index in [2.05, 4.69) is 0 Å². The summed E-state index contributed by atoms with van der Waals surface area (Å²) in [5.74, 6) is -0.586. The number of rotatable bonds is 1. The fraction of sp³-hybridized carbons (Fsp3) is 1.00. The maximum absolute atomic E-state index is 14.9. The average Bonchev–Trinajstić information content (AvgIpc) is 2.07. The largest absolute Gasteiger partial charge is 0.347 e. The van der Waals surface area contributed by atoms with Crippen molar-refractivity contribution in [3.8, 4) is 0 Å². The van der Waals surface area contributed by atoms with Crippen LogP contribution in [0, 0.1) is 5.92 Å². The van der Waals surface area contributed by atoms with Crippen LogP contribution in [-0.4, -0.2) is 23.0 Å². The molecule has 4 aliphatic rings. The molecule has 0 aromatic carbocycles. The summed E-state index contributed by atoms with van der Waals surface area (Å²) in [4.78, 5) is 0. The second kappa shape index (κ2) is 3.37. The fourth-order valence-electron chi connectivity index (χ4n) is 4.81. The Kier molecular flexibility index (Phi) is 2.59. The topological polar surface area (TPSA) is 0 Å². The van der Waals surface area contributed by atoms with Gasteiger partial charge in [0, 0.05) is 24.3 Å². The zero-order valence-corrected chi connectivity index (χ0v) is 13.1. The van der Waals surface area contributed by atoms with Crippen LogP contribution in [-0.2, 0) is 0 Å². The second-order valence-electron chi connectivity index (χ2n) is 6.60. The molecule has 0 spiro atoms. The number of halogens is 6. The van der Waals surface area contributed by atoms with Gasteiger partial charge in [-0.3, -0.25) is 0 Å². The Balaban J connectivity index is 2.17. The average molecular weight is 338 g/mol. The van der Waals surface area contributed by atoms with Gasteiger partial charge in [-0.1, -0.05) is 6.92 Å². The second-order valence-corrected chi connectivity index (χ2v) is 15.4. The molecule has 3 atom stereocenters. The molecule has 4 rings (SSSR count). The molecule has 0 N–H and O–H groups in total. The predicted octanol–water partition coefficient (Wildman–Crippen LogP) is 5.13. The summed E-state index contributed by atoms with van der Waals surface area (Å²) in [5.41, 5.74) is -5.55. The zero-order valence-electron chi connectivity index (χ0n) is 9.88. The number of alkyl halides is 3. The first kappa shape index (κ1) is 13.8. The minimum Gasteiger partial charge on any atom is -0.244 e. The normalized spacial score (nSPS) is 59.2. The molecule has 0 nitrogen and oxygen atoms in total. The first-order valence-electron chi connectivity index (χ1n) is 6.07. The summed E-state index contributed by atoms with van der Waals surface area (Å²) in [6, 6.07) is -3.42. The quantitative estimate of drug-likeness (QED) is 0.459. The molecule has 0 amide bonds. The lowest BCUT2D eigenvalue weighted by Crippen LogP contribution is -2.70. The Bertz CT molecular complexity index is 393. The highest BCUT2D eigenvalue weighted by atomic mass is 35.8. The maximum atomic E-state index is 14.9. The van der Waals surface area contributed by atoms with Crippen LogP contribution in [0.3, 0.4) is 0 Å². The van der Waals surface area contributed by atoms with Gasteiger partial charge in [-0.2, -0.15) is 0 Å². The Morgan fingerprint density at radius 3 is 1.72 bits per heavy atom. The molecule has 4 saturated carbocycles. The Morgan fingerprint density at radius 2 is 1.33 bits per heavy atom. The van der Waals surface area contributed by atoms with Crippen molar-refractivity contribution in [2.45, 2.75) is 61.1 Å². The highest BCUT2D eigenvalue weighted by Crippen LogP contribution is 2.77. The lowest BCUT2D eigenvalue weighted by Gasteiger charge is -2.67. The highest BCUT2D eigenvalue weighted by molar-refractivity contribution is 7.65. The van der Waals surface area contributed by atoms with Crippen molar-refractivity contribution in [3.05, 3.63) is 0 Å². The summed E-state index contributed by atoms with van der Waals surface area (Å²) >= 11 is 18.3. The van der Waals surface area contributed by atoms with Crippen molar-refractivity contribution in [2.24, 2.45) is 5.92 Å². The number of hydrogen-bond acceptors (Lipinski definition) is 0. The van der Waals surface area contributed by atoms with E-state index in [4.69, 9.17) is 33.2 Å². The Morgan fingerprint density at radius 1 is 0.889 bits per heavy atom. The van der Waals surface area contributed by atoms with Crippen molar-refractivity contribution >= 4 is 39.2 Å². The fourth-order valence-corrected chi connectivity index (χ4v) is 9.27. The molecule has 0 radical (unpaired) electrons. The van der Waals surface area contributed by atoms with E-state index in [-0.39, 0.29) is 32.1 Å². The molecule has 3 unspecified atom stereocenters. The van der Waals surface area contributed by atoms with E-state index in [9.17, 15) is 13.2 Å². The first-order chi connectivity index (χ1) is 7.94. The molecular weight excluding hydrogens is 324 g/mol. The lowest BCUT2D eigenvalue weighted by molar-refractivity contribution is -0.203. The van der Waals surface area contributed by atoms with Crippen LogP contribution in [0.15, 0.2) is 0 Å². The van der Waals surface area contributed by atoms with Gasteiger partial charge in [0.15, 0.2) is 0 Å². The van der Waals surface area contributed by atoms with Crippen LogP contribution in [0.25, 0.3) is 0 Å². The van der Waals surface area contributed by atoms with E-state index in [0.717, 1.165) is 0 Å². The van der Waals surface area contributed by atoms with E-state index in [0.29, 0.717) is 0 Å². The standard InChI is InChI=1S/C11H14Cl3F3Si/c1-7-10(17)3-8(15)2-9(16,4-10)6-11(7,5-8)18(12,13)14/h7H,2-6H2,1H3. The smallest absolute Gasteiger partial charge is 0.244 e. The molecule has 4 aliphatic carbocycles. The van der Waals surface area contributed by atoms with Crippen LogP contribution in [0.5, 0.6) is 0 Å². The summed E-state index contributed by atoms with van der Waals surface area (Å²) in [5, 5.41) is -1.11. The summed E-state index contributed by atoms with van der Waals surface area (Å²) in [6.07, 6.45) is -0.731. The van der Waals surface area contributed by atoms with Gasteiger partial charge < -0.3 is 0 Å². The van der Waals surface area contributed by atoms with Crippen LogP contribution < -0.4 is 0 Å². The summed E-state index contributed by atoms with van der Waals surface area (Å²) < 4.78 is 44.3. The molecule has 0 saturated heterocycles. The van der Waals surface area contributed by atoms with Crippen molar-refractivity contribution in [1.29, 1.82) is 0 Å². The van der Waals surface area contributed by atoms with Gasteiger partial charge in [0.05, 0.1) is 0 Å². The summed E-state index contributed by atoms with van der Waals surface area (Å²) in [7, 11) is 0.